The van der Waals surface area contributed by atoms with Crippen molar-refractivity contribution in [2.24, 2.45) is 0 Å². The second-order valence-electron chi connectivity index (χ2n) is 11.1. The Kier molecular flexibility index (Phi) is 12.2. The lowest BCUT2D eigenvalue weighted by Gasteiger charge is -2.26. The number of carbonyl (C=O) groups is 3. The summed E-state index contributed by atoms with van der Waals surface area (Å²) in [4.78, 5) is 51.1. The van der Waals surface area contributed by atoms with Gasteiger partial charge in [-0.15, -0.1) is 11.6 Å². The largest absolute Gasteiger partial charge is 0.458 e. The van der Waals surface area contributed by atoms with Crippen LogP contribution in [0.4, 0.5) is 22.2 Å². The molecule has 1 aromatic carbocycles. The van der Waals surface area contributed by atoms with E-state index in [4.69, 9.17) is 21.1 Å². The SMILES string of the molecule is CCN(CC)c1ncc(NC(=O)CCCCl)c(NC(Cc2ccc(OC(=O)N3CCCC3)cc2)C(=O)OC(C)(C)C)n1. The highest BCUT2D eigenvalue weighted by Crippen LogP contribution is 2.25. The molecule has 2 amide bonds. The number of anilines is 3. The van der Waals surface area contributed by atoms with E-state index >= 15 is 0 Å². The van der Waals surface area contributed by atoms with Crippen molar-refractivity contribution in [1.29, 1.82) is 0 Å². The Morgan fingerprint density at radius 2 is 1.76 bits per heavy atom. The fraction of sp³-hybridized carbons (Fsp3) is 0.567. The summed E-state index contributed by atoms with van der Waals surface area (Å²) >= 11 is 5.76. The number of nitrogens with zero attached hydrogens (tertiary/aromatic N) is 4. The topological polar surface area (TPSA) is 126 Å². The van der Waals surface area contributed by atoms with Gasteiger partial charge in [0, 0.05) is 44.9 Å². The number of rotatable bonds is 13. The van der Waals surface area contributed by atoms with E-state index in [1.165, 1.54) is 6.20 Å². The van der Waals surface area contributed by atoms with Crippen molar-refractivity contribution in [2.45, 2.75) is 78.4 Å². The van der Waals surface area contributed by atoms with Crippen LogP contribution in [-0.2, 0) is 20.7 Å². The summed E-state index contributed by atoms with van der Waals surface area (Å²) < 4.78 is 11.3. The number of amides is 2. The lowest BCUT2D eigenvalue weighted by atomic mass is 10.0. The van der Waals surface area contributed by atoms with Crippen LogP contribution in [0.2, 0.25) is 0 Å². The molecule has 1 fully saturated rings. The number of hydrogen-bond acceptors (Lipinski definition) is 9. The van der Waals surface area contributed by atoms with E-state index in [1.54, 1.807) is 37.8 Å². The molecular formula is C30H43ClN6O5. The van der Waals surface area contributed by atoms with E-state index in [0.29, 0.717) is 61.7 Å². The van der Waals surface area contributed by atoms with Crippen LogP contribution in [0, 0.1) is 0 Å². The molecule has 2 heterocycles. The second kappa shape index (κ2) is 15.6. The molecule has 2 aromatic rings. The van der Waals surface area contributed by atoms with E-state index in [0.717, 1.165) is 18.4 Å². The summed E-state index contributed by atoms with van der Waals surface area (Å²) in [7, 11) is 0. The van der Waals surface area contributed by atoms with Gasteiger partial charge in [0.05, 0.1) is 6.20 Å². The molecule has 1 unspecified atom stereocenters. The number of nitrogens with one attached hydrogen (secondary N) is 2. The molecule has 0 saturated carbocycles. The van der Waals surface area contributed by atoms with Crippen LogP contribution in [0.1, 0.15) is 65.9 Å². The number of likely N-dealkylation sites (tertiary alicyclic amines) is 1. The highest BCUT2D eigenvalue weighted by atomic mass is 35.5. The third-order valence-electron chi connectivity index (χ3n) is 6.57. The summed E-state index contributed by atoms with van der Waals surface area (Å²) in [5, 5.41) is 6.07. The second-order valence-corrected chi connectivity index (χ2v) is 11.5. The molecule has 230 valence electrons. The molecular weight excluding hydrogens is 560 g/mol. The van der Waals surface area contributed by atoms with Crippen LogP contribution in [-0.4, -0.2) is 76.5 Å². The summed E-state index contributed by atoms with van der Waals surface area (Å²) in [5.74, 6) is 0.859. The minimum absolute atomic E-state index is 0.231. The van der Waals surface area contributed by atoms with Gasteiger partial charge in [-0.1, -0.05) is 12.1 Å². The predicted molar refractivity (Wildman–Crippen MR) is 164 cm³/mol. The first-order valence-electron chi connectivity index (χ1n) is 14.6. The van der Waals surface area contributed by atoms with Crippen molar-refractivity contribution in [1.82, 2.24) is 14.9 Å². The predicted octanol–water partition coefficient (Wildman–Crippen LogP) is 5.24. The molecule has 3 rings (SSSR count). The highest BCUT2D eigenvalue weighted by molar-refractivity contribution is 6.18. The van der Waals surface area contributed by atoms with Gasteiger partial charge in [-0.2, -0.15) is 4.98 Å². The van der Waals surface area contributed by atoms with Crippen molar-refractivity contribution >= 4 is 47.0 Å². The lowest BCUT2D eigenvalue weighted by Crippen LogP contribution is -2.38. The van der Waals surface area contributed by atoms with Crippen LogP contribution < -0.4 is 20.3 Å². The van der Waals surface area contributed by atoms with Crippen LogP contribution in [0.15, 0.2) is 30.5 Å². The van der Waals surface area contributed by atoms with Crippen LogP contribution in [0.25, 0.3) is 0 Å². The average molecular weight is 603 g/mol. The van der Waals surface area contributed by atoms with Gasteiger partial charge in [0.2, 0.25) is 11.9 Å². The van der Waals surface area contributed by atoms with Crippen molar-refractivity contribution in [3.63, 3.8) is 0 Å². The number of alkyl halides is 1. The number of halogens is 1. The molecule has 42 heavy (non-hydrogen) atoms. The summed E-state index contributed by atoms with van der Waals surface area (Å²) in [6.45, 7) is 12.2. The van der Waals surface area contributed by atoms with Gasteiger partial charge in [-0.25, -0.2) is 14.6 Å². The van der Waals surface area contributed by atoms with Crippen LogP contribution >= 0.6 is 11.6 Å². The standard InChI is InChI=1S/C30H43ClN6O5/c1-6-36(7-2)28-32-20-24(33-25(38)11-10-16-31)26(35-28)34-23(27(39)42-30(3,4)5)19-21-12-14-22(15-13-21)41-29(40)37-17-8-9-18-37/h12-15,20,23H,6-11,16-19H2,1-5H3,(H,33,38)(H,32,34,35). The van der Waals surface area contributed by atoms with E-state index in [9.17, 15) is 14.4 Å². The van der Waals surface area contributed by atoms with Gasteiger partial charge in [-0.05, 0) is 71.6 Å². The Morgan fingerprint density at radius 3 is 2.36 bits per heavy atom. The number of benzene rings is 1. The molecule has 1 saturated heterocycles. The van der Waals surface area contributed by atoms with E-state index in [-0.39, 0.29) is 24.8 Å². The molecule has 0 aliphatic carbocycles. The number of aromatic nitrogens is 2. The Bertz CT molecular complexity index is 1190. The van der Waals surface area contributed by atoms with E-state index < -0.39 is 17.6 Å². The average Bonchev–Trinajstić information content (AvgIpc) is 3.49. The Labute approximate surface area is 253 Å². The fourth-order valence-corrected chi connectivity index (χ4v) is 4.53. The smallest absolute Gasteiger partial charge is 0.415 e. The zero-order valence-electron chi connectivity index (χ0n) is 25.2. The van der Waals surface area contributed by atoms with Gasteiger partial charge in [-0.3, -0.25) is 4.79 Å². The Hall–Kier alpha value is -3.60. The van der Waals surface area contributed by atoms with Gasteiger partial charge in [0.1, 0.15) is 23.1 Å². The molecule has 2 N–H and O–H groups in total. The first-order chi connectivity index (χ1) is 20.0. The van der Waals surface area contributed by atoms with Gasteiger partial charge >= 0.3 is 12.1 Å². The number of carbonyl (C=O) groups excluding carboxylic acids is 3. The maximum atomic E-state index is 13.4. The first kappa shape index (κ1) is 32.9. The minimum Gasteiger partial charge on any atom is -0.458 e. The third kappa shape index (κ3) is 10.0. The molecule has 1 atom stereocenters. The quantitative estimate of drug-likeness (QED) is 0.234. The zero-order chi connectivity index (χ0) is 30.7. The minimum atomic E-state index is -0.847. The van der Waals surface area contributed by atoms with Crippen molar-refractivity contribution in [2.75, 3.05) is 47.6 Å². The van der Waals surface area contributed by atoms with Gasteiger partial charge in [0.15, 0.2) is 5.82 Å². The monoisotopic (exact) mass is 602 g/mol. The molecule has 1 aromatic heterocycles. The maximum Gasteiger partial charge on any atom is 0.415 e. The highest BCUT2D eigenvalue weighted by Gasteiger charge is 2.28. The number of hydrogen-bond donors (Lipinski definition) is 2. The van der Waals surface area contributed by atoms with E-state index in [1.807, 2.05) is 30.9 Å². The Balaban J connectivity index is 1.87. The Morgan fingerprint density at radius 1 is 1.10 bits per heavy atom. The van der Waals surface area contributed by atoms with Crippen LogP contribution in [0.3, 0.4) is 0 Å². The normalized spacial score (nSPS) is 13.8. The lowest BCUT2D eigenvalue weighted by molar-refractivity contribution is -0.155. The summed E-state index contributed by atoms with van der Waals surface area (Å²) in [6, 6.07) is 6.19. The molecule has 11 nitrogen and oxygen atoms in total. The third-order valence-corrected chi connectivity index (χ3v) is 6.84. The number of ether oxygens (including phenoxy) is 2. The van der Waals surface area contributed by atoms with Gasteiger partial charge in [0.25, 0.3) is 0 Å². The van der Waals surface area contributed by atoms with Gasteiger partial charge < -0.3 is 29.9 Å². The van der Waals surface area contributed by atoms with Crippen molar-refractivity contribution < 1.29 is 23.9 Å². The molecule has 1 aliphatic rings. The number of esters is 1. The fourth-order valence-electron chi connectivity index (χ4n) is 4.40. The summed E-state index contributed by atoms with van der Waals surface area (Å²) in [5.41, 5.74) is 0.439. The molecule has 0 bridgehead atoms. The van der Waals surface area contributed by atoms with Crippen molar-refractivity contribution in [3.8, 4) is 5.75 Å². The molecule has 0 radical (unpaired) electrons. The summed E-state index contributed by atoms with van der Waals surface area (Å²) in [6.07, 6.45) is 4.16. The van der Waals surface area contributed by atoms with Crippen molar-refractivity contribution in [3.05, 3.63) is 36.0 Å². The molecule has 0 spiro atoms. The zero-order valence-corrected chi connectivity index (χ0v) is 26.0. The van der Waals surface area contributed by atoms with E-state index in [2.05, 4.69) is 20.6 Å². The van der Waals surface area contributed by atoms with Crippen LogP contribution in [0.5, 0.6) is 5.75 Å². The maximum absolute atomic E-state index is 13.4. The molecule has 1 aliphatic heterocycles. The first-order valence-corrected chi connectivity index (χ1v) is 15.1. The molecule has 12 heteroatoms.